The average molecular weight is 354 g/mol. The van der Waals surface area contributed by atoms with Crippen LogP contribution in [0.1, 0.15) is 31.1 Å². The zero-order chi connectivity index (χ0) is 18.5. The molecule has 0 fully saturated rings. The zero-order valence-corrected chi connectivity index (χ0v) is 14.7. The number of carbonyl (C=O) groups excluding carboxylic acids is 2. The summed E-state index contributed by atoms with van der Waals surface area (Å²) in [5, 5.41) is 11.9. The lowest BCUT2D eigenvalue weighted by Gasteiger charge is -2.27. The summed E-state index contributed by atoms with van der Waals surface area (Å²) in [4.78, 5) is 24.0. The van der Waals surface area contributed by atoms with Gasteiger partial charge in [0.2, 0.25) is 0 Å². The monoisotopic (exact) mass is 353 g/mol. The molecule has 1 aromatic carbocycles. The number of hydrogen-bond acceptors (Lipinski definition) is 6. The Morgan fingerprint density at radius 3 is 2.58 bits per heavy atom. The van der Waals surface area contributed by atoms with E-state index in [1.165, 1.54) is 19.2 Å². The van der Waals surface area contributed by atoms with Crippen molar-refractivity contribution in [3.05, 3.63) is 22.7 Å². The maximum atomic E-state index is 12.1. The summed E-state index contributed by atoms with van der Waals surface area (Å²) in [6.07, 6.45) is 0. The number of benzene rings is 1. The minimum atomic E-state index is -1.05. The first-order valence-electron chi connectivity index (χ1n) is 7.17. The fourth-order valence-electron chi connectivity index (χ4n) is 1.73. The molecule has 0 aliphatic carbocycles. The van der Waals surface area contributed by atoms with Crippen molar-refractivity contribution < 1.29 is 19.1 Å². The Bertz CT molecular complexity index is 685. The molecule has 8 heteroatoms. The number of halogens is 1. The highest BCUT2D eigenvalue weighted by Crippen LogP contribution is 2.29. The van der Waals surface area contributed by atoms with Gasteiger partial charge in [-0.15, -0.1) is 0 Å². The van der Waals surface area contributed by atoms with Crippen LogP contribution in [0.3, 0.4) is 0 Å². The fraction of sp³-hybridized carbons (Fsp3) is 0.438. The van der Waals surface area contributed by atoms with E-state index in [0.717, 1.165) is 0 Å². The molecule has 1 amide bonds. The molecule has 130 valence electrons. The molecule has 1 rings (SSSR count). The second-order valence-corrected chi connectivity index (χ2v) is 6.07. The van der Waals surface area contributed by atoms with Gasteiger partial charge in [0.15, 0.2) is 6.61 Å². The Morgan fingerprint density at radius 2 is 2.08 bits per heavy atom. The van der Waals surface area contributed by atoms with Gasteiger partial charge in [0.25, 0.3) is 5.91 Å². The third kappa shape index (κ3) is 4.52. The van der Waals surface area contributed by atoms with Gasteiger partial charge < -0.3 is 20.5 Å². The summed E-state index contributed by atoms with van der Waals surface area (Å²) in [6, 6.07) is 4.74. The number of nitriles is 1. The molecular formula is C16H20ClN3O4. The first-order chi connectivity index (χ1) is 11.1. The maximum absolute atomic E-state index is 12.1. The van der Waals surface area contributed by atoms with E-state index in [4.69, 9.17) is 32.1 Å². The van der Waals surface area contributed by atoms with Crippen LogP contribution in [0.5, 0.6) is 5.75 Å². The van der Waals surface area contributed by atoms with E-state index in [1.807, 2.05) is 6.07 Å². The second-order valence-electron chi connectivity index (χ2n) is 5.67. The number of nitrogen functional groups attached to an aromatic ring is 1. The van der Waals surface area contributed by atoms with E-state index in [9.17, 15) is 9.59 Å². The van der Waals surface area contributed by atoms with Crippen LogP contribution in [0.2, 0.25) is 5.02 Å². The van der Waals surface area contributed by atoms with Crippen LogP contribution in [0.15, 0.2) is 12.1 Å². The summed E-state index contributed by atoms with van der Waals surface area (Å²) >= 11 is 5.89. The van der Waals surface area contributed by atoms with Crippen LogP contribution in [0.4, 0.5) is 5.69 Å². The van der Waals surface area contributed by atoms with Crippen LogP contribution in [-0.4, -0.2) is 31.1 Å². The number of esters is 1. The molecule has 7 nitrogen and oxygen atoms in total. The van der Waals surface area contributed by atoms with Gasteiger partial charge in [0, 0.05) is 6.07 Å². The molecule has 0 aliphatic heterocycles. The molecule has 0 unspecified atom stereocenters. The summed E-state index contributed by atoms with van der Waals surface area (Å²) in [5.74, 6) is -1.29. The van der Waals surface area contributed by atoms with Crippen molar-refractivity contribution in [3.8, 4) is 11.8 Å². The lowest BCUT2D eigenvalue weighted by atomic mass is 9.90. The quantitative estimate of drug-likeness (QED) is 0.598. The first kappa shape index (κ1) is 19.6. The lowest BCUT2D eigenvalue weighted by molar-refractivity contribution is -0.125. The topological polar surface area (TPSA) is 114 Å². The molecule has 3 N–H and O–H groups in total. The number of anilines is 1. The number of amides is 1. The Hall–Kier alpha value is -2.46. The maximum Gasteiger partial charge on any atom is 0.342 e. The number of hydrogen-bond donors (Lipinski definition) is 2. The number of nitrogens with zero attached hydrogens (tertiary/aromatic N) is 1. The highest BCUT2D eigenvalue weighted by atomic mass is 35.5. The minimum Gasteiger partial charge on any atom is -0.496 e. The number of rotatable bonds is 6. The van der Waals surface area contributed by atoms with Crippen molar-refractivity contribution in [1.82, 2.24) is 5.32 Å². The molecule has 0 radical (unpaired) electrons. The SMILES string of the molecule is COc1cc(N)c(Cl)cc1C(=O)OCC(=O)N[C@](C)(C#N)C(C)C. The van der Waals surface area contributed by atoms with E-state index in [-0.39, 0.29) is 27.9 Å². The Kier molecular flexibility index (Phi) is 6.43. The Morgan fingerprint density at radius 1 is 1.46 bits per heavy atom. The predicted molar refractivity (Wildman–Crippen MR) is 89.7 cm³/mol. The number of ether oxygens (including phenoxy) is 2. The molecule has 0 saturated carbocycles. The Balaban J connectivity index is 2.79. The largest absolute Gasteiger partial charge is 0.496 e. The van der Waals surface area contributed by atoms with E-state index in [1.54, 1.807) is 20.8 Å². The van der Waals surface area contributed by atoms with E-state index < -0.39 is 24.0 Å². The molecule has 0 aromatic heterocycles. The summed E-state index contributed by atoms with van der Waals surface area (Å²) in [7, 11) is 1.37. The number of nitrogens with two attached hydrogens (primary N) is 1. The van der Waals surface area contributed by atoms with Crippen LogP contribution in [0.25, 0.3) is 0 Å². The first-order valence-corrected chi connectivity index (χ1v) is 7.54. The van der Waals surface area contributed by atoms with Gasteiger partial charge in [-0.05, 0) is 18.9 Å². The molecule has 0 saturated heterocycles. The van der Waals surface area contributed by atoms with Gasteiger partial charge in [-0.1, -0.05) is 25.4 Å². The molecule has 24 heavy (non-hydrogen) atoms. The van der Waals surface area contributed by atoms with Gasteiger partial charge in [0.1, 0.15) is 16.9 Å². The summed E-state index contributed by atoms with van der Waals surface area (Å²) in [6.45, 7) is 4.67. The predicted octanol–water partition coefficient (Wildman–Crippen LogP) is 2.14. The molecule has 0 bridgehead atoms. The highest BCUT2D eigenvalue weighted by Gasteiger charge is 2.30. The van der Waals surface area contributed by atoms with Crippen molar-refractivity contribution in [3.63, 3.8) is 0 Å². The van der Waals surface area contributed by atoms with E-state index in [0.29, 0.717) is 0 Å². The smallest absolute Gasteiger partial charge is 0.342 e. The number of nitrogens with one attached hydrogen (secondary N) is 1. The number of methoxy groups -OCH3 is 1. The second kappa shape index (κ2) is 7.88. The highest BCUT2D eigenvalue weighted by molar-refractivity contribution is 6.33. The summed E-state index contributed by atoms with van der Waals surface area (Å²) in [5.41, 5.74) is 4.90. The van der Waals surface area contributed by atoms with Crippen molar-refractivity contribution in [2.45, 2.75) is 26.3 Å². The van der Waals surface area contributed by atoms with Crippen LogP contribution >= 0.6 is 11.6 Å². The van der Waals surface area contributed by atoms with Crippen molar-refractivity contribution in [1.29, 1.82) is 5.26 Å². The third-order valence-corrected chi connectivity index (χ3v) is 3.99. The van der Waals surface area contributed by atoms with Gasteiger partial charge in [-0.2, -0.15) is 5.26 Å². The van der Waals surface area contributed by atoms with Gasteiger partial charge in [-0.25, -0.2) is 4.79 Å². The minimum absolute atomic E-state index is 0.0522. The third-order valence-electron chi connectivity index (χ3n) is 3.66. The van der Waals surface area contributed by atoms with Gasteiger partial charge in [-0.3, -0.25) is 4.79 Å². The van der Waals surface area contributed by atoms with Crippen molar-refractivity contribution in [2.24, 2.45) is 5.92 Å². The van der Waals surface area contributed by atoms with E-state index >= 15 is 0 Å². The molecule has 1 aromatic rings. The lowest BCUT2D eigenvalue weighted by Crippen LogP contribution is -2.50. The van der Waals surface area contributed by atoms with Crippen molar-refractivity contribution in [2.75, 3.05) is 19.5 Å². The van der Waals surface area contributed by atoms with Gasteiger partial charge in [0.05, 0.1) is 23.9 Å². The number of carbonyl (C=O) groups is 2. The summed E-state index contributed by atoms with van der Waals surface area (Å²) < 4.78 is 10.0. The normalized spacial score (nSPS) is 12.9. The molecule has 0 heterocycles. The fourth-order valence-corrected chi connectivity index (χ4v) is 1.90. The zero-order valence-electron chi connectivity index (χ0n) is 14.0. The van der Waals surface area contributed by atoms with Gasteiger partial charge >= 0.3 is 5.97 Å². The van der Waals surface area contributed by atoms with Crippen molar-refractivity contribution >= 4 is 29.2 Å². The average Bonchev–Trinajstić information content (AvgIpc) is 2.54. The van der Waals surface area contributed by atoms with E-state index in [2.05, 4.69) is 5.32 Å². The molecule has 1 atom stereocenters. The Labute approximate surface area is 145 Å². The molecular weight excluding hydrogens is 334 g/mol. The standard InChI is InChI=1S/C16H20ClN3O4/c1-9(2)16(3,8-18)20-14(21)7-24-15(22)10-5-11(17)12(19)6-13(10)23-4/h5-6,9H,7,19H2,1-4H3,(H,20,21)/t16-/m1/s1. The molecule has 0 spiro atoms. The van der Waals surface area contributed by atoms with Crippen LogP contribution in [-0.2, 0) is 9.53 Å². The van der Waals surface area contributed by atoms with Crippen LogP contribution in [0, 0.1) is 17.2 Å². The molecule has 0 aliphatic rings. The van der Waals surface area contributed by atoms with Crippen LogP contribution < -0.4 is 15.8 Å².